The van der Waals surface area contributed by atoms with Crippen molar-refractivity contribution in [2.75, 3.05) is 5.73 Å². The highest BCUT2D eigenvalue weighted by molar-refractivity contribution is 5.40. The van der Waals surface area contributed by atoms with Crippen LogP contribution in [-0.2, 0) is 11.3 Å². The van der Waals surface area contributed by atoms with Crippen molar-refractivity contribution in [3.63, 3.8) is 0 Å². The summed E-state index contributed by atoms with van der Waals surface area (Å²) in [5.74, 6) is 0.764. The lowest BCUT2D eigenvalue weighted by molar-refractivity contribution is -0.0316. The highest BCUT2D eigenvalue weighted by Crippen LogP contribution is 2.39. The fraction of sp³-hybridized carbons (Fsp3) is 0.625. The topological polar surface area (TPSA) is 35.2 Å². The second-order valence-corrected chi connectivity index (χ2v) is 6.59. The van der Waals surface area contributed by atoms with Gasteiger partial charge in [0.2, 0.25) is 0 Å². The number of ether oxygens (including phenoxy) is 1. The average Bonchev–Trinajstić information content (AvgIpc) is 2.24. The first-order valence-corrected chi connectivity index (χ1v) is 6.91. The van der Waals surface area contributed by atoms with E-state index in [1.807, 2.05) is 18.2 Å². The predicted octanol–water partition coefficient (Wildman–Crippen LogP) is 4.00. The SMILES string of the molecule is CC1CC(OCc2cccc(N)c2)CC(C)(C)C1. The van der Waals surface area contributed by atoms with Gasteiger partial charge in [-0.3, -0.25) is 0 Å². The van der Waals surface area contributed by atoms with E-state index in [1.165, 1.54) is 24.8 Å². The van der Waals surface area contributed by atoms with Gasteiger partial charge in [-0.2, -0.15) is 0 Å². The van der Waals surface area contributed by atoms with Gasteiger partial charge in [-0.15, -0.1) is 0 Å². The lowest BCUT2D eigenvalue weighted by Gasteiger charge is -2.38. The molecule has 2 heteroatoms. The van der Waals surface area contributed by atoms with Crippen LogP contribution in [0.2, 0.25) is 0 Å². The second kappa shape index (κ2) is 5.31. The third-order valence-electron chi connectivity index (χ3n) is 3.78. The predicted molar refractivity (Wildman–Crippen MR) is 76.2 cm³/mol. The molecule has 0 aliphatic heterocycles. The summed E-state index contributed by atoms with van der Waals surface area (Å²) in [5, 5.41) is 0. The Morgan fingerprint density at radius 3 is 2.78 bits per heavy atom. The lowest BCUT2D eigenvalue weighted by Crippen LogP contribution is -2.32. The normalized spacial score (nSPS) is 27.1. The molecule has 0 saturated heterocycles. The lowest BCUT2D eigenvalue weighted by atomic mass is 9.71. The molecule has 100 valence electrons. The first kappa shape index (κ1) is 13.4. The van der Waals surface area contributed by atoms with Gasteiger partial charge in [0.15, 0.2) is 0 Å². The minimum atomic E-state index is 0.394. The van der Waals surface area contributed by atoms with Crippen LogP contribution in [0.25, 0.3) is 0 Å². The minimum Gasteiger partial charge on any atom is -0.399 e. The van der Waals surface area contributed by atoms with E-state index in [4.69, 9.17) is 10.5 Å². The van der Waals surface area contributed by atoms with E-state index >= 15 is 0 Å². The Kier molecular flexibility index (Phi) is 3.96. The summed E-state index contributed by atoms with van der Waals surface area (Å²) in [6.45, 7) is 7.70. The van der Waals surface area contributed by atoms with Crippen LogP contribution in [0.4, 0.5) is 5.69 Å². The molecule has 0 aromatic heterocycles. The number of hydrogen-bond acceptors (Lipinski definition) is 2. The van der Waals surface area contributed by atoms with Gasteiger partial charge in [0, 0.05) is 5.69 Å². The molecule has 0 spiro atoms. The maximum absolute atomic E-state index is 6.07. The van der Waals surface area contributed by atoms with Crippen molar-refractivity contribution >= 4 is 5.69 Å². The van der Waals surface area contributed by atoms with Gasteiger partial charge < -0.3 is 10.5 Å². The molecule has 1 saturated carbocycles. The maximum atomic E-state index is 6.07. The minimum absolute atomic E-state index is 0.394. The van der Waals surface area contributed by atoms with E-state index in [0.717, 1.165) is 11.6 Å². The Bertz CT molecular complexity index is 400. The average molecular weight is 247 g/mol. The van der Waals surface area contributed by atoms with Gasteiger partial charge in [0.1, 0.15) is 0 Å². The smallest absolute Gasteiger partial charge is 0.0721 e. The van der Waals surface area contributed by atoms with Crippen LogP contribution in [0, 0.1) is 11.3 Å². The quantitative estimate of drug-likeness (QED) is 0.819. The number of hydrogen-bond donors (Lipinski definition) is 1. The summed E-state index contributed by atoms with van der Waals surface area (Å²) >= 11 is 0. The molecule has 2 unspecified atom stereocenters. The molecule has 0 heterocycles. The molecule has 2 N–H and O–H groups in total. The molecule has 0 amide bonds. The fourth-order valence-corrected chi connectivity index (χ4v) is 3.28. The van der Waals surface area contributed by atoms with Crippen molar-refractivity contribution in [3.8, 4) is 0 Å². The van der Waals surface area contributed by atoms with Gasteiger partial charge in [-0.1, -0.05) is 32.9 Å². The summed E-state index contributed by atoms with van der Waals surface area (Å²) in [7, 11) is 0. The summed E-state index contributed by atoms with van der Waals surface area (Å²) in [5.41, 5.74) is 8.18. The van der Waals surface area contributed by atoms with Crippen molar-refractivity contribution in [1.82, 2.24) is 0 Å². The summed E-state index contributed by atoms with van der Waals surface area (Å²) in [6.07, 6.45) is 4.06. The maximum Gasteiger partial charge on any atom is 0.0721 e. The van der Waals surface area contributed by atoms with E-state index in [1.54, 1.807) is 0 Å². The molecule has 2 rings (SSSR count). The van der Waals surface area contributed by atoms with Crippen LogP contribution in [0.1, 0.15) is 45.6 Å². The van der Waals surface area contributed by atoms with E-state index in [9.17, 15) is 0 Å². The monoisotopic (exact) mass is 247 g/mol. The van der Waals surface area contributed by atoms with Gasteiger partial charge >= 0.3 is 0 Å². The summed E-state index contributed by atoms with van der Waals surface area (Å²) < 4.78 is 6.07. The summed E-state index contributed by atoms with van der Waals surface area (Å²) in [6, 6.07) is 7.97. The number of nitrogen functional groups attached to an aromatic ring is 1. The Hall–Kier alpha value is -1.02. The molecule has 1 aromatic rings. The molecule has 18 heavy (non-hydrogen) atoms. The van der Waals surface area contributed by atoms with Crippen molar-refractivity contribution in [2.24, 2.45) is 11.3 Å². The zero-order valence-corrected chi connectivity index (χ0v) is 11.8. The van der Waals surface area contributed by atoms with Crippen LogP contribution >= 0.6 is 0 Å². The highest BCUT2D eigenvalue weighted by atomic mass is 16.5. The molecule has 0 radical (unpaired) electrons. The molecule has 1 aromatic carbocycles. The number of benzene rings is 1. The first-order chi connectivity index (χ1) is 8.44. The molecule has 0 bridgehead atoms. The third kappa shape index (κ3) is 3.74. The van der Waals surface area contributed by atoms with Crippen molar-refractivity contribution in [2.45, 2.75) is 52.7 Å². The van der Waals surface area contributed by atoms with Crippen LogP contribution in [0.15, 0.2) is 24.3 Å². The molecular formula is C16H25NO. The standard InChI is InChI=1S/C16H25NO/c1-12-7-15(10-16(2,3)9-12)18-11-13-5-4-6-14(17)8-13/h4-6,8,12,15H,7,9-11,17H2,1-3H3. The van der Waals surface area contributed by atoms with E-state index < -0.39 is 0 Å². The highest BCUT2D eigenvalue weighted by Gasteiger charge is 2.32. The molecule has 1 aliphatic carbocycles. The van der Waals surface area contributed by atoms with Crippen molar-refractivity contribution < 1.29 is 4.74 Å². The molecular weight excluding hydrogens is 222 g/mol. The van der Waals surface area contributed by atoms with E-state index in [2.05, 4.69) is 26.8 Å². The molecule has 2 nitrogen and oxygen atoms in total. The largest absolute Gasteiger partial charge is 0.399 e. The Morgan fingerprint density at radius 1 is 1.33 bits per heavy atom. The Balaban J connectivity index is 1.90. The number of rotatable bonds is 3. The summed E-state index contributed by atoms with van der Waals surface area (Å²) in [4.78, 5) is 0. The van der Waals surface area contributed by atoms with Crippen LogP contribution in [0.3, 0.4) is 0 Å². The zero-order chi connectivity index (χ0) is 13.2. The van der Waals surface area contributed by atoms with Gasteiger partial charge in [0.25, 0.3) is 0 Å². The van der Waals surface area contributed by atoms with Crippen molar-refractivity contribution in [3.05, 3.63) is 29.8 Å². The van der Waals surface area contributed by atoms with Gasteiger partial charge in [-0.25, -0.2) is 0 Å². The van der Waals surface area contributed by atoms with E-state index in [0.29, 0.717) is 18.1 Å². The third-order valence-corrected chi connectivity index (χ3v) is 3.78. The number of nitrogens with two attached hydrogens (primary N) is 1. The van der Waals surface area contributed by atoms with Crippen LogP contribution < -0.4 is 5.73 Å². The van der Waals surface area contributed by atoms with E-state index in [-0.39, 0.29) is 0 Å². The van der Waals surface area contributed by atoms with Crippen LogP contribution in [-0.4, -0.2) is 6.10 Å². The fourth-order valence-electron chi connectivity index (χ4n) is 3.28. The zero-order valence-electron chi connectivity index (χ0n) is 11.8. The Labute approximate surface area is 111 Å². The first-order valence-electron chi connectivity index (χ1n) is 6.91. The van der Waals surface area contributed by atoms with Crippen LogP contribution in [0.5, 0.6) is 0 Å². The van der Waals surface area contributed by atoms with Gasteiger partial charge in [0.05, 0.1) is 12.7 Å². The molecule has 2 atom stereocenters. The Morgan fingerprint density at radius 2 is 2.11 bits per heavy atom. The number of anilines is 1. The molecule has 1 fully saturated rings. The second-order valence-electron chi connectivity index (χ2n) is 6.59. The molecule has 1 aliphatic rings. The van der Waals surface area contributed by atoms with Crippen molar-refractivity contribution in [1.29, 1.82) is 0 Å². The van der Waals surface area contributed by atoms with Gasteiger partial charge in [-0.05, 0) is 48.3 Å².